The number of anilines is 1. The molecule has 154 valence electrons. The van der Waals surface area contributed by atoms with Crippen molar-refractivity contribution in [2.45, 2.75) is 20.3 Å². The van der Waals surface area contributed by atoms with Gasteiger partial charge in [0.15, 0.2) is 5.65 Å². The van der Waals surface area contributed by atoms with Crippen LogP contribution >= 0.6 is 11.3 Å². The Labute approximate surface area is 179 Å². The Balaban J connectivity index is 1.56. The lowest BCUT2D eigenvalue weighted by atomic mass is 10.1. The highest BCUT2D eigenvalue weighted by atomic mass is 32.1. The van der Waals surface area contributed by atoms with Crippen LogP contribution in [0, 0.1) is 6.92 Å². The van der Waals surface area contributed by atoms with Crippen molar-refractivity contribution in [1.29, 1.82) is 0 Å². The molecule has 4 aromatic rings. The van der Waals surface area contributed by atoms with Crippen molar-refractivity contribution in [2.75, 3.05) is 38.1 Å². The molecule has 0 spiro atoms. The number of imidazole rings is 1. The Morgan fingerprint density at radius 3 is 2.63 bits per heavy atom. The van der Waals surface area contributed by atoms with E-state index in [1.54, 1.807) is 0 Å². The van der Waals surface area contributed by atoms with Gasteiger partial charge in [-0.05, 0) is 44.0 Å². The van der Waals surface area contributed by atoms with Crippen molar-refractivity contribution >= 4 is 33.4 Å². The van der Waals surface area contributed by atoms with Gasteiger partial charge >= 0.3 is 0 Å². The molecule has 1 saturated heterocycles. The molecule has 0 amide bonds. The summed E-state index contributed by atoms with van der Waals surface area (Å²) in [5.41, 5.74) is 4.76. The number of fused-ring (bicyclic) bond motifs is 2. The maximum atomic E-state index is 13.0. The quantitative estimate of drug-likeness (QED) is 0.508. The minimum atomic E-state index is 0.0838. The van der Waals surface area contributed by atoms with Crippen LogP contribution in [0.5, 0.6) is 0 Å². The number of nitrogens with zero attached hydrogens (tertiary/aromatic N) is 5. The number of aryl methyl sites for hydroxylation is 2. The molecule has 0 atom stereocenters. The highest BCUT2D eigenvalue weighted by Crippen LogP contribution is 2.28. The van der Waals surface area contributed by atoms with E-state index >= 15 is 0 Å². The zero-order chi connectivity index (χ0) is 20.8. The third-order valence-corrected chi connectivity index (χ3v) is 6.78. The van der Waals surface area contributed by atoms with Gasteiger partial charge in [0.05, 0.1) is 22.0 Å². The van der Waals surface area contributed by atoms with Crippen molar-refractivity contribution in [3.8, 4) is 10.6 Å². The second-order valence-electron chi connectivity index (χ2n) is 8.00. The average Bonchev–Trinajstić information content (AvgIpc) is 3.17. The molecule has 30 heavy (non-hydrogen) atoms. The molecule has 3 aromatic heterocycles. The molecular weight excluding hydrogens is 394 g/mol. The van der Waals surface area contributed by atoms with Gasteiger partial charge < -0.3 is 14.2 Å². The van der Waals surface area contributed by atoms with E-state index in [9.17, 15) is 4.79 Å². The summed E-state index contributed by atoms with van der Waals surface area (Å²) in [6, 6.07) is 8.34. The summed E-state index contributed by atoms with van der Waals surface area (Å²) < 4.78 is 2.11. The molecule has 0 aliphatic carbocycles. The monoisotopic (exact) mass is 419 g/mol. The molecule has 0 N–H and O–H groups in total. The third kappa shape index (κ3) is 3.38. The second-order valence-corrected chi connectivity index (χ2v) is 9.01. The fourth-order valence-corrected chi connectivity index (χ4v) is 4.99. The molecule has 6 nitrogen and oxygen atoms in total. The lowest BCUT2D eigenvalue weighted by molar-refractivity contribution is 0.313. The van der Waals surface area contributed by atoms with Crippen molar-refractivity contribution in [2.24, 2.45) is 0 Å². The van der Waals surface area contributed by atoms with Gasteiger partial charge in [-0.3, -0.25) is 9.78 Å². The third-order valence-electron chi connectivity index (χ3n) is 5.83. The standard InChI is InChI=1S/C23H25N5OS/c1-4-19-22-25-20(14-28(22)13-15(2)24-19)21-11-16-5-6-17(12-18(16)23(29)30-21)27-9-7-26(3)8-10-27/h5-6,11-14H,4,7-10H2,1-3H3. The minimum Gasteiger partial charge on any atom is -0.369 e. The van der Waals surface area contributed by atoms with E-state index in [1.165, 1.54) is 11.3 Å². The fraction of sp³-hybridized carbons (Fsp3) is 0.348. The summed E-state index contributed by atoms with van der Waals surface area (Å²) in [6.07, 6.45) is 4.81. The molecule has 4 heterocycles. The SMILES string of the molecule is CCc1nc(C)cn2cc(-c3cc4ccc(N5CCN(C)CC5)cc4c(=O)s3)nc12. The zero-order valence-corrected chi connectivity index (χ0v) is 18.4. The van der Waals surface area contributed by atoms with Crippen LogP contribution in [0.15, 0.2) is 41.5 Å². The lowest BCUT2D eigenvalue weighted by Crippen LogP contribution is -2.44. The highest BCUT2D eigenvalue weighted by Gasteiger charge is 2.16. The number of rotatable bonds is 3. The lowest BCUT2D eigenvalue weighted by Gasteiger charge is -2.34. The Morgan fingerprint density at radius 2 is 1.87 bits per heavy atom. The van der Waals surface area contributed by atoms with Crippen molar-refractivity contribution in [1.82, 2.24) is 19.3 Å². The first-order valence-electron chi connectivity index (χ1n) is 10.4. The van der Waals surface area contributed by atoms with Crippen LogP contribution < -0.4 is 9.64 Å². The number of hydrogen-bond acceptors (Lipinski definition) is 6. The summed E-state index contributed by atoms with van der Waals surface area (Å²) in [5, 5.41) is 1.75. The van der Waals surface area contributed by atoms with Gasteiger partial charge in [0, 0.05) is 49.6 Å². The first kappa shape index (κ1) is 19.2. The molecule has 1 aliphatic rings. The highest BCUT2D eigenvalue weighted by molar-refractivity contribution is 7.13. The number of piperazine rings is 1. The summed E-state index contributed by atoms with van der Waals surface area (Å²) in [4.78, 5) is 28.0. The van der Waals surface area contributed by atoms with E-state index in [4.69, 9.17) is 4.98 Å². The van der Waals surface area contributed by atoms with Crippen LogP contribution in [0.2, 0.25) is 0 Å². The summed E-state index contributed by atoms with van der Waals surface area (Å²) in [6.45, 7) is 8.16. The number of likely N-dealkylation sites (N-methyl/N-ethyl adjacent to an activating group) is 1. The maximum absolute atomic E-state index is 13.0. The topological polar surface area (TPSA) is 53.7 Å². The van der Waals surface area contributed by atoms with E-state index in [0.29, 0.717) is 0 Å². The molecule has 5 rings (SSSR count). The van der Waals surface area contributed by atoms with Gasteiger partial charge in [-0.2, -0.15) is 0 Å². The van der Waals surface area contributed by atoms with Gasteiger partial charge in [-0.1, -0.05) is 24.3 Å². The van der Waals surface area contributed by atoms with Crippen molar-refractivity contribution in [3.63, 3.8) is 0 Å². The number of hydrogen-bond donors (Lipinski definition) is 0. The molecule has 0 bridgehead atoms. The molecule has 0 saturated carbocycles. The first-order chi connectivity index (χ1) is 14.5. The first-order valence-corrected chi connectivity index (χ1v) is 11.2. The van der Waals surface area contributed by atoms with E-state index in [1.807, 2.05) is 23.7 Å². The second kappa shape index (κ2) is 7.49. The maximum Gasteiger partial charge on any atom is 0.240 e. The Kier molecular flexibility index (Phi) is 4.79. The van der Waals surface area contributed by atoms with Gasteiger partial charge in [0.1, 0.15) is 0 Å². The zero-order valence-electron chi connectivity index (χ0n) is 17.6. The van der Waals surface area contributed by atoms with Crippen molar-refractivity contribution < 1.29 is 0 Å². The number of benzene rings is 1. The smallest absolute Gasteiger partial charge is 0.240 e. The molecule has 0 radical (unpaired) electrons. The summed E-state index contributed by atoms with van der Waals surface area (Å²) in [5.74, 6) is 0. The van der Waals surface area contributed by atoms with Crippen LogP contribution in [-0.4, -0.2) is 52.5 Å². The molecular formula is C23H25N5OS. The fourth-order valence-electron chi connectivity index (χ4n) is 4.11. The molecule has 1 fully saturated rings. The Hall–Kier alpha value is -2.77. The van der Waals surface area contributed by atoms with Crippen LogP contribution in [0.1, 0.15) is 18.3 Å². The molecule has 1 aliphatic heterocycles. The van der Waals surface area contributed by atoms with Crippen LogP contribution in [0.3, 0.4) is 0 Å². The summed E-state index contributed by atoms with van der Waals surface area (Å²) in [7, 11) is 2.15. The predicted molar refractivity (Wildman–Crippen MR) is 124 cm³/mol. The van der Waals surface area contributed by atoms with Gasteiger partial charge in [0.25, 0.3) is 0 Å². The van der Waals surface area contributed by atoms with Gasteiger partial charge in [-0.15, -0.1) is 0 Å². The normalized spacial score (nSPS) is 15.4. The van der Waals surface area contributed by atoms with Gasteiger partial charge in [0.2, 0.25) is 4.74 Å². The van der Waals surface area contributed by atoms with E-state index < -0.39 is 0 Å². The van der Waals surface area contributed by atoms with E-state index in [2.05, 4.69) is 53.0 Å². The Bertz CT molecular complexity index is 1300. The van der Waals surface area contributed by atoms with E-state index in [-0.39, 0.29) is 4.74 Å². The Morgan fingerprint density at radius 1 is 1.07 bits per heavy atom. The molecule has 1 aromatic carbocycles. The minimum absolute atomic E-state index is 0.0838. The van der Waals surface area contributed by atoms with Crippen LogP contribution in [0.25, 0.3) is 27.0 Å². The van der Waals surface area contributed by atoms with Crippen LogP contribution in [0.4, 0.5) is 5.69 Å². The van der Waals surface area contributed by atoms with Crippen molar-refractivity contribution in [3.05, 3.63) is 57.6 Å². The average molecular weight is 420 g/mol. The number of aromatic nitrogens is 3. The molecule has 7 heteroatoms. The van der Waals surface area contributed by atoms with Crippen LogP contribution in [-0.2, 0) is 6.42 Å². The summed E-state index contributed by atoms with van der Waals surface area (Å²) >= 11 is 1.27. The largest absolute Gasteiger partial charge is 0.369 e. The predicted octanol–water partition coefficient (Wildman–Crippen LogP) is 3.59. The van der Waals surface area contributed by atoms with Gasteiger partial charge in [-0.25, -0.2) is 4.98 Å². The van der Waals surface area contributed by atoms with E-state index in [0.717, 1.165) is 76.7 Å². The molecule has 0 unspecified atom stereocenters.